The van der Waals surface area contributed by atoms with Crippen molar-refractivity contribution in [3.05, 3.63) is 82.6 Å². The number of nitrogens with one attached hydrogen (secondary N) is 3. The average Bonchev–Trinajstić information content (AvgIpc) is 3.45. The van der Waals surface area contributed by atoms with E-state index >= 15 is 0 Å². The zero-order valence-electron chi connectivity index (χ0n) is 15.6. The lowest BCUT2D eigenvalue weighted by Gasteiger charge is -2.11. The number of nitrogens with zero attached hydrogens (tertiary/aromatic N) is 3. The molecule has 0 unspecified atom stereocenters. The minimum Gasteiger partial charge on any atom is -0.380 e. The molecular weight excluding hydrogens is 384 g/mol. The second-order valence-electron chi connectivity index (χ2n) is 6.33. The quantitative estimate of drug-likeness (QED) is 0.418. The highest BCUT2D eigenvalue weighted by Gasteiger charge is 2.11. The van der Waals surface area contributed by atoms with Crippen LogP contribution in [-0.2, 0) is 13.0 Å². The molecule has 0 saturated carbocycles. The van der Waals surface area contributed by atoms with Gasteiger partial charge in [-0.15, -0.1) is 11.3 Å². The number of hydrogen-bond donors (Lipinski definition) is 3. The van der Waals surface area contributed by atoms with Crippen molar-refractivity contribution in [1.29, 1.82) is 0 Å². The van der Waals surface area contributed by atoms with Crippen LogP contribution >= 0.6 is 11.3 Å². The predicted octanol–water partition coefficient (Wildman–Crippen LogP) is 3.51. The van der Waals surface area contributed by atoms with Crippen LogP contribution < -0.4 is 10.6 Å². The topological polar surface area (TPSA) is 95.6 Å². The molecule has 8 heteroatoms. The van der Waals surface area contributed by atoms with Crippen LogP contribution in [0.2, 0.25) is 0 Å². The van der Waals surface area contributed by atoms with Crippen LogP contribution in [0.1, 0.15) is 21.1 Å². The molecule has 0 spiro atoms. The molecule has 4 aromatic rings. The van der Waals surface area contributed by atoms with Gasteiger partial charge in [0, 0.05) is 48.0 Å². The van der Waals surface area contributed by atoms with Crippen molar-refractivity contribution in [3.8, 4) is 11.4 Å². The van der Waals surface area contributed by atoms with E-state index in [1.807, 2.05) is 47.8 Å². The highest BCUT2D eigenvalue weighted by Crippen LogP contribution is 2.18. The maximum atomic E-state index is 12.6. The molecule has 4 rings (SSSR count). The van der Waals surface area contributed by atoms with E-state index in [1.165, 1.54) is 4.88 Å². The standard InChI is InChI=1S/C21H20N6OS/c28-21(17-7-1-2-8-18(17)24-14-16-6-4-12-29-16)23-11-9-19-25-20(27-26-19)15-5-3-10-22-13-15/h1-8,10,12-13,24H,9,11,14H2,(H,23,28)(H,25,26,27). The van der Waals surface area contributed by atoms with Crippen molar-refractivity contribution in [1.82, 2.24) is 25.5 Å². The van der Waals surface area contributed by atoms with Crippen LogP contribution in [0.25, 0.3) is 11.4 Å². The monoisotopic (exact) mass is 404 g/mol. The number of benzene rings is 1. The fourth-order valence-electron chi connectivity index (χ4n) is 2.85. The molecule has 29 heavy (non-hydrogen) atoms. The molecule has 0 saturated heterocycles. The normalized spacial score (nSPS) is 10.6. The van der Waals surface area contributed by atoms with Gasteiger partial charge in [0.15, 0.2) is 5.82 Å². The van der Waals surface area contributed by atoms with Gasteiger partial charge >= 0.3 is 0 Å². The molecular formula is C21H20N6OS. The molecule has 0 radical (unpaired) electrons. The van der Waals surface area contributed by atoms with Crippen LogP contribution in [0.3, 0.4) is 0 Å². The molecule has 1 aromatic carbocycles. The Morgan fingerprint density at radius 3 is 2.86 bits per heavy atom. The molecule has 7 nitrogen and oxygen atoms in total. The molecule has 1 amide bonds. The van der Waals surface area contributed by atoms with Crippen molar-refractivity contribution >= 4 is 22.9 Å². The first-order valence-electron chi connectivity index (χ1n) is 9.25. The van der Waals surface area contributed by atoms with Gasteiger partial charge < -0.3 is 10.6 Å². The summed E-state index contributed by atoms with van der Waals surface area (Å²) in [6.07, 6.45) is 3.98. The first kappa shape index (κ1) is 18.8. The number of aromatic amines is 1. The highest BCUT2D eigenvalue weighted by molar-refractivity contribution is 7.09. The summed E-state index contributed by atoms with van der Waals surface area (Å²) in [7, 11) is 0. The van der Waals surface area contributed by atoms with E-state index in [0.717, 1.165) is 11.3 Å². The number of aromatic nitrogens is 4. The molecule has 0 aliphatic carbocycles. The van der Waals surface area contributed by atoms with Gasteiger partial charge in [0.05, 0.1) is 5.56 Å². The number of pyridine rings is 1. The van der Waals surface area contributed by atoms with Gasteiger partial charge in [0.25, 0.3) is 5.91 Å². The Morgan fingerprint density at radius 1 is 1.10 bits per heavy atom. The Morgan fingerprint density at radius 2 is 2.03 bits per heavy atom. The molecule has 0 atom stereocenters. The van der Waals surface area contributed by atoms with Gasteiger partial charge in [-0.2, -0.15) is 5.10 Å². The SMILES string of the molecule is O=C(NCCc1nc(-c2cccnc2)n[nH]1)c1ccccc1NCc1cccs1. The van der Waals surface area contributed by atoms with Gasteiger partial charge in [0.1, 0.15) is 5.82 Å². The molecule has 0 aliphatic heterocycles. The van der Waals surface area contributed by atoms with E-state index in [1.54, 1.807) is 23.7 Å². The second kappa shape index (κ2) is 9.11. The largest absolute Gasteiger partial charge is 0.380 e. The third kappa shape index (κ3) is 4.85. The third-order valence-electron chi connectivity index (χ3n) is 4.30. The Bertz CT molecular complexity index is 1060. The second-order valence-corrected chi connectivity index (χ2v) is 7.36. The Hall–Kier alpha value is -3.52. The number of rotatable bonds is 8. The molecule has 146 valence electrons. The van der Waals surface area contributed by atoms with E-state index in [4.69, 9.17) is 0 Å². The number of amides is 1. The minimum atomic E-state index is -0.119. The van der Waals surface area contributed by atoms with Crippen LogP contribution in [0, 0.1) is 0 Å². The first-order chi connectivity index (χ1) is 14.3. The van der Waals surface area contributed by atoms with Gasteiger partial charge in [-0.3, -0.25) is 14.9 Å². The molecule has 0 aliphatic rings. The minimum absolute atomic E-state index is 0.119. The number of carbonyl (C=O) groups excluding carboxylic acids is 1. The summed E-state index contributed by atoms with van der Waals surface area (Å²) >= 11 is 1.68. The number of para-hydroxylation sites is 1. The molecule has 3 heterocycles. The zero-order chi connectivity index (χ0) is 19.9. The average molecular weight is 404 g/mol. The lowest BCUT2D eigenvalue weighted by Crippen LogP contribution is -2.26. The molecule has 0 bridgehead atoms. The smallest absolute Gasteiger partial charge is 0.253 e. The number of carbonyl (C=O) groups is 1. The third-order valence-corrected chi connectivity index (χ3v) is 5.18. The lowest BCUT2D eigenvalue weighted by atomic mass is 10.1. The summed E-state index contributed by atoms with van der Waals surface area (Å²) < 4.78 is 0. The maximum Gasteiger partial charge on any atom is 0.253 e. The van der Waals surface area contributed by atoms with E-state index in [2.05, 4.69) is 36.9 Å². The summed E-state index contributed by atoms with van der Waals surface area (Å²) in [5, 5.41) is 15.5. The van der Waals surface area contributed by atoms with Crippen LogP contribution in [0.4, 0.5) is 5.69 Å². The molecule has 0 fully saturated rings. The fourth-order valence-corrected chi connectivity index (χ4v) is 3.50. The maximum absolute atomic E-state index is 12.6. The predicted molar refractivity (Wildman–Crippen MR) is 114 cm³/mol. The summed E-state index contributed by atoms with van der Waals surface area (Å²) in [5.41, 5.74) is 2.29. The van der Waals surface area contributed by atoms with Gasteiger partial charge in [-0.05, 0) is 35.7 Å². The lowest BCUT2D eigenvalue weighted by molar-refractivity contribution is 0.0955. The fraction of sp³-hybridized carbons (Fsp3) is 0.143. The Balaban J connectivity index is 1.33. The number of H-pyrrole nitrogens is 1. The Kier molecular flexibility index (Phi) is 5.92. The van der Waals surface area contributed by atoms with Gasteiger partial charge in [0.2, 0.25) is 0 Å². The van der Waals surface area contributed by atoms with E-state index in [-0.39, 0.29) is 5.91 Å². The van der Waals surface area contributed by atoms with Crippen LogP contribution in [-0.4, -0.2) is 32.6 Å². The van der Waals surface area contributed by atoms with Crippen molar-refractivity contribution in [2.24, 2.45) is 0 Å². The van der Waals surface area contributed by atoms with Crippen molar-refractivity contribution in [3.63, 3.8) is 0 Å². The van der Waals surface area contributed by atoms with Crippen LogP contribution in [0.5, 0.6) is 0 Å². The highest BCUT2D eigenvalue weighted by atomic mass is 32.1. The summed E-state index contributed by atoms with van der Waals surface area (Å²) in [6.45, 7) is 1.15. The molecule has 3 aromatic heterocycles. The van der Waals surface area contributed by atoms with E-state index < -0.39 is 0 Å². The molecule has 3 N–H and O–H groups in total. The zero-order valence-corrected chi connectivity index (χ0v) is 16.4. The number of hydrogen-bond acceptors (Lipinski definition) is 6. The summed E-state index contributed by atoms with van der Waals surface area (Å²) in [6, 6.07) is 15.3. The van der Waals surface area contributed by atoms with Crippen LogP contribution in [0.15, 0.2) is 66.3 Å². The number of anilines is 1. The van der Waals surface area contributed by atoms with E-state index in [0.29, 0.717) is 36.7 Å². The van der Waals surface area contributed by atoms with Gasteiger partial charge in [-0.1, -0.05) is 18.2 Å². The first-order valence-corrected chi connectivity index (χ1v) is 10.1. The summed E-state index contributed by atoms with van der Waals surface area (Å²) in [4.78, 5) is 22.4. The summed E-state index contributed by atoms with van der Waals surface area (Å²) in [5.74, 6) is 1.20. The Labute approximate surface area is 172 Å². The van der Waals surface area contributed by atoms with Crippen molar-refractivity contribution < 1.29 is 4.79 Å². The van der Waals surface area contributed by atoms with Gasteiger partial charge in [-0.25, -0.2) is 4.98 Å². The van der Waals surface area contributed by atoms with Crippen molar-refractivity contribution in [2.45, 2.75) is 13.0 Å². The van der Waals surface area contributed by atoms with E-state index in [9.17, 15) is 4.79 Å². The number of thiophene rings is 1. The van der Waals surface area contributed by atoms with Crippen molar-refractivity contribution in [2.75, 3.05) is 11.9 Å².